The molecule has 4 aromatic heterocycles. The van der Waals surface area contributed by atoms with E-state index in [2.05, 4.69) is 39.6 Å². The number of fused-ring (bicyclic) bond motifs is 1. The first-order valence-corrected chi connectivity index (χ1v) is 15.1. The second-order valence-corrected chi connectivity index (χ2v) is 11.7. The maximum Gasteiger partial charge on any atom is 0.451 e. The molecular formula is C30H29ClF3N9O2. The third-order valence-corrected chi connectivity index (χ3v) is 8.27. The van der Waals surface area contributed by atoms with Crippen molar-refractivity contribution in [2.24, 2.45) is 0 Å². The lowest BCUT2D eigenvalue weighted by Gasteiger charge is -2.32. The van der Waals surface area contributed by atoms with Crippen molar-refractivity contribution >= 4 is 22.8 Å². The van der Waals surface area contributed by atoms with E-state index in [-0.39, 0.29) is 18.0 Å². The first kappa shape index (κ1) is 29.6. The van der Waals surface area contributed by atoms with Crippen LogP contribution >= 0.6 is 11.6 Å². The first-order valence-electron chi connectivity index (χ1n) is 14.7. The second kappa shape index (κ2) is 12.3. The molecule has 1 aromatic carbocycles. The van der Waals surface area contributed by atoms with Gasteiger partial charge in [0, 0.05) is 55.2 Å². The summed E-state index contributed by atoms with van der Waals surface area (Å²) < 4.78 is 53.1. The van der Waals surface area contributed by atoms with Gasteiger partial charge in [-0.1, -0.05) is 23.7 Å². The summed E-state index contributed by atoms with van der Waals surface area (Å²) in [5, 5.41) is 7.58. The van der Waals surface area contributed by atoms with E-state index >= 15 is 0 Å². The van der Waals surface area contributed by atoms with E-state index < -0.39 is 12.0 Å². The summed E-state index contributed by atoms with van der Waals surface area (Å²) >= 11 is 6.00. The van der Waals surface area contributed by atoms with E-state index in [1.807, 2.05) is 24.3 Å². The van der Waals surface area contributed by atoms with Crippen LogP contribution in [0, 0.1) is 0 Å². The molecule has 2 aliphatic heterocycles. The molecule has 1 atom stereocenters. The molecule has 2 fully saturated rings. The molecule has 7 rings (SSSR count). The average Bonchev–Trinajstić information content (AvgIpc) is 3.63. The van der Waals surface area contributed by atoms with Crippen LogP contribution < -0.4 is 4.74 Å². The third-order valence-electron chi connectivity index (χ3n) is 8.01. The van der Waals surface area contributed by atoms with Gasteiger partial charge in [0.2, 0.25) is 11.7 Å². The number of rotatable bonds is 9. The number of hydrogen-bond donors (Lipinski definition) is 1. The molecule has 2 aliphatic rings. The van der Waals surface area contributed by atoms with E-state index in [0.717, 1.165) is 50.3 Å². The number of alkyl halides is 3. The Bertz CT molecular complexity index is 1780. The van der Waals surface area contributed by atoms with Gasteiger partial charge in [0.1, 0.15) is 23.3 Å². The summed E-state index contributed by atoms with van der Waals surface area (Å²) in [6.07, 6.45) is 1.85. The predicted octanol–water partition coefficient (Wildman–Crippen LogP) is 5.10. The molecule has 6 heterocycles. The van der Waals surface area contributed by atoms with Crippen LogP contribution in [-0.2, 0) is 30.4 Å². The van der Waals surface area contributed by atoms with Crippen LogP contribution in [-0.4, -0.2) is 76.5 Å². The van der Waals surface area contributed by atoms with Crippen LogP contribution in [0.25, 0.3) is 22.6 Å². The molecule has 0 unspecified atom stereocenters. The number of nitrogens with zero attached hydrogens (tertiary/aromatic N) is 8. The number of H-pyrrole nitrogens is 1. The minimum absolute atomic E-state index is 0.0157. The highest BCUT2D eigenvalue weighted by Gasteiger charge is 2.35. The summed E-state index contributed by atoms with van der Waals surface area (Å²) in [6, 6.07) is 11.1. The van der Waals surface area contributed by atoms with Crippen molar-refractivity contribution in [1.29, 1.82) is 0 Å². The number of halogens is 4. The van der Waals surface area contributed by atoms with Crippen LogP contribution in [0.1, 0.15) is 42.3 Å². The van der Waals surface area contributed by atoms with Crippen LogP contribution in [0.2, 0.25) is 5.02 Å². The van der Waals surface area contributed by atoms with Gasteiger partial charge in [0.15, 0.2) is 11.5 Å². The fourth-order valence-corrected chi connectivity index (χ4v) is 5.65. The SMILES string of the molecule is FC(F)(F)c1nnc(-c2cnc3c(c2)nc(CN2CCC(Oc4ccnc(Cc5ccc(Cl)cc5)n4)CC2)n3C[C@@H]2CCO2)[nH]1. The minimum atomic E-state index is -4.62. The van der Waals surface area contributed by atoms with Gasteiger partial charge in [-0.2, -0.15) is 18.2 Å². The van der Waals surface area contributed by atoms with Crippen LogP contribution in [0.5, 0.6) is 5.88 Å². The Morgan fingerprint density at radius 1 is 1.02 bits per heavy atom. The highest BCUT2D eigenvalue weighted by atomic mass is 35.5. The molecule has 0 aliphatic carbocycles. The van der Waals surface area contributed by atoms with Crippen molar-refractivity contribution < 1.29 is 22.6 Å². The topological polar surface area (TPSA) is 120 Å². The lowest BCUT2D eigenvalue weighted by atomic mass is 10.1. The van der Waals surface area contributed by atoms with Crippen LogP contribution in [0.3, 0.4) is 0 Å². The van der Waals surface area contributed by atoms with E-state index in [1.54, 1.807) is 18.3 Å². The zero-order chi connectivity index (χ0) is 31.0. The second-order valence-electron chi connectivity index (χ2n) is 11.2. The van der Waals surface area contributed by atoms with Gasteiger partial charge in [0.05, 0.1) is 19.2 Å². The standard InChI is InChI=1S/C30H29ClF3N9O2/c31-20-3-1-18(2-4-20)13-24-35-9-5-26(38-24)45-21-6-10-42(11-7-21)17-25-37-23-14-19(27-39-29(41-40-27)30(32,33)34)15-36-28(23)43(25)16-22-8-12-44-22/h1-5,9,14-15,21-22H,6-8,10-13,16-17H2,(H,39,40,41)/t22-/m0/s1. The maximum absolute atomic E-state index is 13.0. The monoisotopic (exact) mass is 639 g/mol. The largest absolute Gasteiger partial charge is 0.474 e. The van der Waals surface area contributed by atoms with E-state index in [0.29, 0.717) is 53.0 Å². The Balaban J connectivity index is 1.02. The van der Waals surface area contributed by atoms with Crippen LogP contribution in [0.4, 0.5) is 13.2 Å². The van der Waals surface area contributed by atoms with Gasteiger partial charge in [-0.15, -0.1) is 10.2 Å². The van der Waals surface area contributed by atoms with Gasteiger partial charge in [-0.05, 0) is 43.0 Å². The molecular weight excluding hydrogens is 611 g/mol. The summed E-state index contributed by atoms with van der Waals surface area (Å²) in [7, 11) is 0. The average molecular weight is 640 g/mol. The van der Waals surface area contributed by atoms with Crippen molar-refractivity contribution in [2.45, 2.75) is 57.2 Å². The molecule has 2 saturated heterocycles. The van der Waals surface area contributed by atoms with Gasteiger partial charge >= 0.3 is 6.18 Å². The molecule has 11 nitrogen and oxygen atoms in total. The van der Waals surface area contributed by atoms with E-state index in [1.165, 1.54) is 6.20 Å². The Hall–Kier alpha value is -4.14. The minimum Gasteiger partial charge on any atom is -0.474 e. The zero-order valence-electron chi connectivity index (χ0n) is 24.0. The molecule has 5 aromatic rings. The highest BCUT2D eigenvalue weighted by molar-refractivity contribution is 6.30. The number of pyridine rings is 1. The normalized spacial score (nSPS) is 17.9. The Kier molecular flexibility index (Phi) is 8.10. The molecule has 0 radical (unpaired) electrons. The zero-order valence-corrected chi connectivity index (χ0v) is 24.8. The Morgan fingerprint density at radius 3 is 2.53 bits per heavy atom. The van der Waals surface area contributed by atoms with Gasteiger partial charge < -0.3 is 19.0 Å². The highest BCUT2D eigenvalue weighted by Crippen LogP contribution is 2.29. The number of benzene rings is 1. The smallest absolute Gasteiger partial charge is 0.451 e. The Labute approximate surface area is 260 Å². The van der Waals surface area contributed by atoms with E-state index in [9.17, 15) is 13.2 Å². The summed E-state index contributed by atoms with van der Waals surface area (Å²) in [4.78, 5) is 23.0. The number of nitrogens with one attached hydrogen (secondary N) is 1. The summed E-state index contributed by atoms with van der Waals surface area (Å²) in [6.45, 7) is 3.51. The van der Waals surface area contributed by atoms with Crippen molar-refractivity contribution in [3.05, 3.63) is 76.9 Å². The molecule has 0 spiro atoms. The molecule has 0 amide bonds. The van der Waals surface area contributed by atoms with Gasteiger partial charge in [0.25, 0.3) is 0 Å². The van der Waals surface area contributed by atoms with Gasteiger partial charge in [-0.3, -0.25) is 4.90 Å². The van der Waals surface area contributed by atoms with Crippen molar-refractivity contribution in [3.63, 3.8) is 0 Å². The van der Waals surface area contributed by atoms with Crippen LogP contribution in [0.15, 0.2) is 48.8 Å². The number of aromatic amines is 1. The number of ether oxygens (including phenoxy) is 2. The molecule has 234 valence electrons. The fourth-order valence-electron chi connectivity index (χ4n) is 5.52. The molecule has 45 heavy (non-hydrogen) atoms. The van der Waals surface area contributed by atoms with E-state index in [4.69, 9.17) is 26.1 Å². The molecule has 0 saturated carbocycles. The lowest BCUT2D eigenvalue weighted by Crippen LogP contribution is -2.39. The maximum atomic E-state index is 13.0. The summed E-state index contributed by atoms with van der Waals surface area (Å²) in [5.74, 6) is 0.892. The number of imidazole rings is 1. The number of piperidine rings is 1. The van der Waals surface area contributed by atoms with Gasteiger partial charge in [-0.25, -0.2) is 15.0 Å². The summed E-state index contributed by atoms with van der Waals surface area (Å²) in [5.41, 5.74) is 2.67. The van der Waals surface area contributed by atoms with Crippen molar-refractivity contribution in [3.8, 4) is 17.3 Å². The molecule has 0 bridgehead atoms. The number of hydrogen-bond acceptors (Lipinski definition) is 9. The number of aromatic nitrogens is 8. The first-order chi connectivity index (χ1) is 21.8. The number of likely N-dealkylation sites (tertiary alicyclic amines) is 1. The lowest BCUT2D eigenvalue weighted by molar-refractivity contribution is -0.144. The van der Waals surface area contributed by atoms with Crippen molar-refractivity contribution in [2.75, 3.05) is 19.7 Å². The molecule has 15 heteroatoms. The van der Waals surface area contributed by atoms with Crippen molar-refractivity contribution in [1.82, 2.24) is 44.6 Å². The predicted molar refractivity (Wildman–Crippen MR) is 157 cm³/mol. The fraction of sp³-hybridized carbons (Fsp3) is 0.400. The third kappa shape index (κ3) is 6.77. The quantitative estimate of drug-likeness (QED) is 0.235. The molecule has 1 N–H and O–H groups in total. The Morgan fingerprint density at radius 2 is 1.82 bits per heavy atom.